The summed E-state index contributed by atoms with van der Waals surface area (Å²) in [5, 5.41) is 3.42. The molecule has 1 N–H and O–H groups in total. The van der Waals surface area contributed by atoms with E-state index in [4.69, 9.17) is 21.1 Å². The van der Waals surface area contributed by atoms with Crippen molar-refractivity contribution in [2.24, 2.45) is 5.92 Å². The van der Waals surface area contributed by atoms with Gasteiger partial charge in [0, 0.05) is 30.6 Å². The lowest BCUT2D eigenvalue weighted by Crippen LogP contribution is -2.43. The Hall–Kier alpha value is -2.29. The van der Waals surface area contributed by atoms with Crippen LogP contribution in [0.3, 0.4) is 0 Å². The maximum Gasteiger partial charge on any atom is 0.223 e. The molecule has 1 aliphatic rings. The summed E-state index contributed by atoms with van der Waals surface area (Å²) in [7, 11) is -0.302. The molecule has 174 valence electrons. The SMILES string of the molecule is COc1ccc(CCNC(=O)C2CCN(S(=O)(=O)Cc3ccccc3Cl)CC2)cc1OC. The van der Waals surface area contributed by atoms with Crippen molar-refractivity contribution >= 4 is 27.5 Å². The number of benzene rings is 2. The van der Waals surface area contributed by atoms with E-state index in [1.54, 1.807) is 38.5 Å². The smallest absolute Gasteiger partial charge is 0.223 e. The molecule has 3 rings (SSSR count). The minimum atomic E-state index is -3.48. The standard InChI is InChI=1S/C23H29ClN2O5S/c1-30-21-8-7-17(15-22(21)31-2)9-12-25-23(27)18-10-13-26(14-11-18)32(28,29)16-19-5-3-4-6-20(19)24/h3-8,15,18H,9-14,16H2,1-2H3,(H,25,27). The highest BCUT2D eigenvalue weighted by molar-refractivity contribution is 7.88. The van der Waals surface area contributed by atoms with Crippen LogP contribution in [0.25, 0.3) is 0 Å². The topological polar surface area (TPSA) is 84.9 Å². The molecule has 2 aromatic carbocycles. The van der Waals surface area contributed by atoms with E-state index in [-0.39, 0.29) is 17.6 Å². The van der Waals surface area contributed by atoms with Gasteiger partial charge >= 0.3 is 0 Å². The molecular weight excluding hydrogens is 452 g/mol. The van der Waals surface area contributed by atoms with Gasteiger partial charge in [-0.25, -0.2) is 12.7 Å². The lowest BCUT2D eigenvalue weighted by atomic mass is 9.97. The molecule has 9 heteroatoms. The second-order valence-electron chi connectivity index (χ2n) is 7.75. The Morgan fingerprint density at radius 2 is 1.78 bits per heavy atom. The molecule has 1 aliphatic heterocycles. The highest BCUT2D eigenvalue weighted by atomic mass is 35.5. The number of nitrogens with one attached hydrogen (secondary N) is 1. The Morgan fingerprint density at radius 3 is 2.44 bits per heavy atom. The third-order valence-electron chi connectivity index (χ3n) is 5.67. The molecule has 1 saturated heterocycles. The average molecular weight is 481 g/mol. The maximum absolute atomic E-state index is 12.8. The first kappa shape index (κ1) is 24.4. The molecule has 7 nitrogen and oxygen atoms in total. The predicted molar refractivity (Wildman–Crippen MR) is 125 cm³/mol. The van der Waals surface area contributed by atoms with Gasteiger partial charge in [0.15, 0.2) is 11.5 Å². The fourth-order valence-electron chi connectivity index (χ4n) is 3.81. The van der Waals surface area contributed by atoms with Crippen molar-refractivity contribution in [1.82, 2.24) is 9.62 Å². The number of sulfonamides is 1. The van der Waals surface area contributed by atoms with Gasteiger partial charge in [0.1, 0.15) is 0 Å². The lowest BCUT2D eigenvalue weighted by molar-refractivity contribution is -0.126. The van der Waals surface area contributed by atoms with Crippen molar-refractivity contribution in [1.29, 1.82) is 0 Å². The number of halogens is 1. The van der Waals surface area contributed by atoms with Crippen LogP contribution in [0.4, 0.5) is 0 Å². The molecule has 2 aromatic rings. The van der Waals surface area contributed by atoms with Crippen molar-refractivity contribution in [3.8, 4) is 11.5 Å². The first-order valence-electron chi connectivity index (χ1n) is 10.5. The van der Waals surface area contributed by atoms with Crippen LogP contribution in [0.1, 0.15) is 24.0 Å². The molecule has 0 aliphatic carbocycles. The van der Waals surface area contributed by atoms with Gasteiger partial charge in [0.05, 0.1) is 20.0 Å². The van der Waals surface area contributed by atoms with Crippen molar-refractivity contribution in [3.05, 3.63) is 58.6 Å². The highest BCUT2D eigenvalue weighted by Crippen LogP contribution is 2.28. The van der Waals surface area contributed by atoms with E-state index in [0.717, 1.165) is 5.56 Å². The molecule has 1 heterocycles. The summed E-state index contributed by atoms with van der Waals surface area (Å²) in [5.74, 6) is 0.966. The van der Waals surface area contributed by atoms with Crippen LogP contribution in [0, 0.1) is 5.92 Å². The van der Waals surface area contributed by atoms with Gasteiger partial charge in [-0.1, -0.05) is 35.9 Å². The molecule has 1 fully saturated rings. The fourth-order valence-corrected chi connectivity index (χ4v) is 5.69. The molecule has 0 saturated carbocycles. The monoisotopic (exact) mass is 480 g/mol. The highest BCUT2D eigenvalue weighted by Gasteiger charge is 2.31. The fraction of sp³-hybridized carbons (Fsp3) is 0.435. The maximum atomic E-state index is 12.8. The Labute approximate surface area is 194 Å². The summed E-state index contributed by atoms with van der Waals surface area (Å²) in [4.78, 5) is 12.6. The summed E-state index contributed by atoms with van der Waals surface area (Å²) >= 11 is 6.11. The first-order valence-corrected chi connectivity index (χ1v) is 12.5. The van der Waals surface area contributed by atoms with E-state index in [2.05, 4.69) is 5.32 Å². The number of piperidine rings is 1. The zero-order chi connectivity index (χ0) is 23.1. The molecule has 0 unspecified atom stereocenters. The molecular formula is C23H29ClN2O5S. The summed E-state index contributed by atoms with van der Waals surface area (Å²) in [6.45, 7) is 1.17. The third kappa shape index (κ3) is 6.15. The van der Waals surface area contributed by atoms with Crippen LogP contribution in [0.2, 0.25) is 5.02 Å². The molecule has 0 spiro atoms. The van der Waals surface area contributed by atoms with E-state index in [0.29, 0.717) is 61.0 Å². The number of methoxy groups -OCH3 is 2. The third-order valence-corrected chi connectivity index (χ3v) is 7.87. The Kier molecular flexibility index (Phi) is 8.39. The predicted octanol–water partition coefficient (Wildman–Crippen LogP) is 3.26. The molecule has 0 bridgehead atoms. The second kappa shape index (κ2) is 11.0. The minimum absolute atomic E-state index is 0.0337. The van der Waals surface area contributed by atoms with Crippen LogP contribution in [-0.4, -0.2) is 52.5 Å². The van der Waals surface area contributed by atoms with Crippen LogP contribution >= 0.6 is 11.6 Å². The second-order valence-corrected chi connectivity index (χ2v) is 10.1. The van der Waals surface area contributed by atoms with E-state index < -0.39 is 10.0 Å². The summed E-state index contributed by atoms with van der Waals surface area (Å²) in [6.07, 6.45) is 1.67. The van der Waals surface area contributed by atoms with Gasteiger partial charge < -0.3 is 14.8 Å². The Bertz CT molecular complexity index is 1040. The zero-order valence-corrected chi connectivity index (χ0v) is 19.9. The van der Waals surface area contributed by atoms with E-state index >= 15 is 0 Å². The summed E-state index contributed by atoms with van der Waals surface area (Å²) < 4.78 is 37.5. The number of hydrogen-bond acceptors (Lipinski definition) is 5. The van der Waals surface area contributed by atoms with Gasteiger partial charge in [0.2, 0.25) is 15.9 Å². The molecule has 1 amide bonds. The number of nitrogens with zero attached hydrogens (tertiary/aromatic N) is 1. The van der Waals surface area contributed by atoms with Crippen molar-refractivity contribution in [3.63, 3.8) is 0 Å². The molecule has 32 heavy (non-hydrogen) atoms. The van der Waals surface area contributed by atoms with Gasteiger partial charge in [0.25, 0.3) is 0 Å². The van der Waals surface area contributed by atoms with Crippen LogP contribution in [-0.2, 0) is 27.0 Å². The number of hydrogen-bond donors (Lipinski definition) is 1. The Morgan fingerprint density at radius 1 is 1.09 bits per heavy atom. The van der Waals surface area contributed by atoms with Crippen LogP contribution < -0.4 is 14.8 Å². The lowest BCUT2D eigenvalue weighted by Gasteiger charge is -2.30. The van der Waals surface area contributed by atoms with E-state index in [1.165, 1.54) is 4.31 Å². The molecule has 0 aromatic heterocycles. The zero-order valence-electron chi connectivity index (χ0n) is 18.3. The number of carbonyl (C=O) groups excluding carboxylic acids is 1. The van der Waals surface area contributed by atoms with Crippen molar-refractivity contribution in [2.75, 3.05) is 33.9 Å². The number of rotatable bonds is 9. The van der Waals surface area contributed by atoms with Crippen molar-refractivity contribution < 1.29 is 22.7 Å². The van der Waals surface area contributed by atoms with Gasteiger partial charge in [-0.15, -0.1) is 0 Å². The van der Waals surface area contributed by atoms with Gasteiger partial charge in [-0.2, -0.15) is 0 Å². The molecule has 0 radical (unpaired) electrons. The van der Waals surface area contributed by atoms with Crippen molar-refractivity contribution in [2.45, 2.75) is 25.0 Å². The Balaban J connectivity index is 1.46. The largest absolute Gasteiger partial charge is 0.493 e. The molecule has 0 atom stereocenters. The van der Waals surface area contributed by atoms with Crippen LogP contribution in [0.15, 0.2) is 42.5 Å². The quantitative estimate of drug-likeness (QED) is 0.595. The van der Waals surface area contributed by atoms with Gasteiger partial charge in [-0.3, -0.25) is 4.79 Å². The number of amides is 1. The summed E-state index contributed by atoms with van der Waals surface area (Å²) in [5.41, 5.74) is 1.62. The van der Waals surface area contributed by atoms with Gasteiger partial charge in [-0.05, 0) is 48.6 Å². The normalized spacial score (nSPS) is 15.3. The number of carbonyl (C=O) groups is 1. The van der Waals surface area contributed by atoms with Crippen LogP contribution in [0.5, 0.6) is 11.5 Å². The minimum Gasteiger partial charge on any atom is -0.493 e. The number of ether oxygens (including phenoxy) is 2. The summed E-state index contributed by atoms with van der Waals surface area (Å²) in [6, 6.07) is 12.6. The average Bonchev–Trinajstić information content (AvgIpc) is 2.80. The van der Waals surface area contributed by atoms with E-state index in [9.17, 15) is 13.2 Å². The van der Waals surface area contributed by atoms with E-state index in [1.807, 2.05) is 18.2 Å². The first-order chi connectivity index (χ1) is 15.3.